The Bertz CT molecular complexity index is 881. The summed E-state index contributed by atoms with van der Waals surface area (Å²) in [5, 5.41) is 5.36. The molecule has 2 N–H and O–H groups in total. The van der Waals surface area contributed by atoms with E-state index in [1.54, 1.807) is 19.1 Å². The number of rotatable bonds is 5. The van der Waals surface area contributed by atoms with Crippen molar-refractivity contribution in [2.45, 2.75) is 45.2 Å². The molecule has 1 aliphatic rings. The molecule has 7 nitrogen and oxygen atoms in total. The van der Waals surface area contributed by atoms with Gasteiger partial charge in [-0.05, 0) is 35.6 Å². The molecule has 2 aromatic rings. The van der Waals surface area contributed by atoms with E-state index in [1.807, 2.05) is 24.3 Å². The zero-order valence-electron chi connectivity index (χ0n) is 16.5. The third-order valence-electron chi connectivity index (χ3n) is 4.94. The Morgan fingerprint density at radius 1 is 1.18 bits per heavy atom. The van der Waals surface area contributed by atoms with Crippen molar-refractivity contribution >= 4 is 17.8 Å². The maximum absolute atomic E-state index is 12.9. The molecule has 28 heavy (non-hydrogen) atoms. The maximum Gasteiger partial charge on any atom is 0.325 e. The van der Waals surface area contributed by atoms with Crippen molar-refractivity contribution in [1.29, 1.82) is 0 Å². The van der Waals surface area contributed by atoms with Gasteiger partial charge in [0.25, 0.3) is 5.91 Å². The Morgan fingerprint density at radius 3 is 2.43 bits per heavy atom. The van der Waals surface area contributed by atoms with Crippen LogP contribution in [-0.4, -0.2) is 29.3 Å². The second-order valence-corrected chi connectivity index (χ2v) is 8.13. The minimum atomic E-state index is -1.20. The average molecular weight is 383 g/mol. The van der Waals surface area contributed by atoms with Crippen LogP contribution >= 0.6 is 0 Å². The van der Waals surface area contributed by atoms with Crippen LogP contribution in [0, 0.1) is 0 Å². The molecule has 1 aliphatic heterocycles. The highest BCUT2D eigenvalue weighted by Crippen LogP contribution is 2.31. The average Bonchev–Trinajstić information content (AvgIpc) is 3.23. The molecule has 1 aromatic heterocycles. The van der Waals surface area contributed by atoms with Crippen molar-refractivity contribution in [3.8, 4) is 0 Å². The number of nitrogens with one attached hydrogen (secondary N) is 2. The number of carbonyl (C=O) groups excluding carboxylic acids is 3. The summed E-state index contributed by atoms with van der Waals surface area (Å²) in [6, 6.07) is 10.5. The van der Waals surface area contributed by atoms with E-state index in [-0.39, 0.29) is 18.5 Å². The lowest BCUT2D eigenvalue weighted by atomic mass is 9.84. The predicted octanol–water partition coefficient (Wildman–Crippen LogP) is 2.66. The van der Waals surface area contributed by atoms with Crippen LogP contribution in [0.2, 0.25) is 0 Å². The zero-order chi connectivity index (χ0) is 20.5. The summed E-state index contributed by atoms with van der Waals surface area (Å²) in [6.07, 6.45) is 1.51. The van der Waals surface area contributed by atoms with Crippen LogP contribution in [0.25, 0.3) is 0 Å². The summed E-state index contributed by atoms with van der Waals surface area (Å²) in [5.74, 6) is -0.296. The molecule has 1 saturated heterocycles. The Morgan fingerprint density at radius 2 is 1.86 bits per heavy atom. The first-order chi connectivity index (χ1) is 13.1. The van der Waals surface area contributed by atoms with Gasteiger partial charge in [0.1, 0.15) is 17.8 Å². The van der Waals surface area contributed by atoms with Gasteiger partial charge in [0.2, 0.25) is 5.91 Å². The molecule has 1 atom stereocenters. The van der Waals surface area contributed by atoms with Crippen LogP contribution in [0.1, 0.15) is 44.6 Å². The van der Waals surface area contributed by atoms with Crippen LogP contribution in [0.5, 0.6) is 0 Å². The maximum atomic E-state index is 12.9. The molecule has 0 radical (unpaired) electrons. The van der Waals surface area contributed by atoms with Crippen LogP contribution < -0.4 is 10.6 Å². The fourth-order valence-corrected chi connectivity index (χ4v) is 3.14. The fraction of sp³-hybridized carbons (Fsp3) is 0.381. The van der Waals surface area contributed by atoms with Gasteiger partial charge in [-0.15, -0.1) is 0 Å². The lowest BCUT2D eigenvalue weighted by Crippen LogP contribution is -2.43. The van der Waals surface area contributed by atoms with E-state index < -0.39 is 23.4 Å². The molecular formula is C21H25N3O4. The van der Waals surface area contributed by atoms with Crippen LogP contribution in [0.4, 0.5) is 4.79 Å². The number of furan rings is 1. The van der Waals surface area contributed by atoms with E-state index in [0.29, 0.717) is 11.3 Å². The summed E-state index contributed by atoms with van der Waals surface area (Å²) in [6.45, 7) is 7.82. The molecule has 3 rings (SSSR count). The topological polar surface area (TPSA) is 91.7 Å². The summed E-state index contributed by atoms with van der Waals surface area (Å²) < 4.78 is 5.15. The smallest absolute Gasteiger partial charge is 0.325 e. The largest absolute Gasteiger partial charge is 0.467 e. The van der Waals surface area contributed by atoms with Gasteiger partial charge in [-0.25, -0.2) is 4.79 Å². The molecule has 0 aliphatic carbocycles. The first-order valence-electron chi connectivity index (χ1n) is 9.15. The standard InChI is InChI=1S/C21H25N3O4/c1-20(2,3)14-7-9-15(10-8-14)21(4)18(26)24(19(27)23-21)13-17(25)22-12-16-6-5-11-28-16/h5-11H,12-13H2,1-4H3,(H,22,25)(H,23,27)/t21-/m1/s1. The highest BCUT2D eigenvalue weighted by molar-refractivity contribution is 6.09. The molecule has 0 unspecified atom stereocenters. The molecule has 2 heterocycles. The van der Waals surface area contributed by atoms with E-state index in [4.69, 9.17) is 4.42 Å². The minimum absolute atomic E-state index is 0.0134. The third kappa shape index (κ3) is 3.78. The summed E-state index contributed by atoms with van der Waals surface area (Å²) >= 11 is 0. The van der Waals surface area contributed by atoms with E-state index >= 15 is 0 Å². The van der Waals surface area contributed by atoms with Gasteiger partial charge in [-0.2, -0.15) is 0 Å². The van der Waals surface area contributed by atoms with Crippen molar-refractivity contribution < 1.29 is 18.8 Å². The fourth-order valence-electron chi connectivity index (χ4n) is 3.14. The second kappa shape index (κ2) is 7.14. The van der Waals surface area contributed by atoms with Gasteiger partial charge in [0, 0.05) is 0 Å². The first kappa shape index (κ1) is 19.7. The molecule has 148 valence electrons. The number of nitrogens with zero attached hydrogens (tertiary/aromatic N) is 1. The number of hydrogen-bond donors (Lipinski definition) is 2. The normalized spacial score (nSPS) is 19.6. The predicted molar refractivity (Wildman–Crippen MR) is 103 cm³/mol. The molecule has 4 amide bonds. The van der Waals surface area contributed by atoms with Gasteiger partial charge < -0.3 is 15.1 Å². The monoisotopic (exact) mass is 383 g/mol. The Hall–Kier alpha value is -3.09. The quantitative estimate of drug-likeness (QED) is 0.777. The summed E-state index contributed by atoms with van der Waals surface area (Å²) in [7, 11) is 0. The van der Waals surface area contributed by atoms with Gasteiger partial charge >= 0.3 is 6.03 Å². The third-order valence-corrected chi connectivity index (χ3v) is 4.94. The molecule has 0 spiro atoms. The number of imide groups is 1. The van der Waals surface area contributed by atoms with Crippen molar-refractivity contribution in [3.63, 3.8) is 0 Å². The number of hydrogen-bond acceptors (Lipinski definition) is 4. The van der Waals surface area contributed by atoms with Gasteiger partial charge in [0.15, 0.2) is 0 Å². The Balaban J connectivity index is 1.70. The van der Waals surface area contributed by atoms with E-state index in [1.165, 1.54) is 6.26 Å². The molecule has 7 heteroatoms. The lowest BCUT2D eigenvalue weighted by Gasteiger charge is -2.24. The minimum Gasteiger partial charge on any atom is -0.467 e. The van der Waals surface area contributed by atoms with E-state index in [2.05, 4.69) is 31.4 Å². The Kier molecular flexibility index (Phi) is 5.02. The Labute approximate surface area is 164 Å². The van der Waals surface area contributed by atoms with Crippen molar-refractivity contribution in [2.75, 3.05) is 6.54 Å². The number of amides is 4. The second-order valence-electron chi connectivity index (χ2n) is 8.13. The van der Waals surface area contributed by atoms with Crippen LogP contribution in [0.3, 0.4) is 0 Å². The summed E-state index contributed by atoms with van der Waals surface area (Å²) in [5.41, 5.74) is 0.595. The zero-order valence-corrected chi connectivity index (χ0v) is 16.5. The molecule has 1 aromatic carbocycles. The van der Waals surface area contributed by atoms with E-state index in [9.17, 15) is 14.4 Å². The van der Waals surface area contributed by atoms with Crippen LogP contribution in [0.15, 0.2) is 47.1 Å². The molecule has 0 bridgehead atoms. The summed E-state index contributed by atoms with van der Waals surface area (Å²) in [4.78, 5) is 38.4. The van der Waals surface area contributed by atoms with Crippen molar-refractivity contribution in [1.82, 2.24) is 15.5 Å². The SMILES string of the molecule is CC(C)(C)c1ccc([C@@]2(C)NC(=O)N(CC(=O)NCc3ccco3)C2=O)cc1. The number of carbonyl (C=O) groups is 3. The first-order valence-corrected chi connectivity index (χ1v) is 9.15. The molecule has 0 saturated carbocycles. The van der Waals surface area contributed by atoms with Crippen LogP contribution in [-0.2, 0) is 27.1 Å². The highest BCUT2D eigenvalue weighted by atomic mass is 16.3. The number of benzene rings is 1. The van der Waals surface area contributed by atoms with E-state index in [0.717, 1.165) is 10.5 Å². The molecule has 1 fully saturated rings. The van der Waals surface area contributed by atoms with Gasteiger partial charge in [-0.1, -0.05) is 45.0 Å². The van der Waals surface area contributed by atoms with Crippen molar-refractivity contribution in [2.24, 2.45) is 0 Å². The molecular weight excluding hydrogens is 358 g/mol. The van der Waals surface area contributed by atoms with Gasteiger partial charge in [-0.3, -0.25) is 14.5 Å². The van der Waals surface area contributed by atoms with Gasteiger partial charge in [0.05, 0.1) is 12.8 Å². The lowest BCUT2D eigenvalue weighted by molar-refractivity contribution is -0.134. The van der Waals surface area contributed by atoms with Crippen molar-refractivity contribution in [3.05, 3.63) is 59.5 Å². The highest BCUT2D eigenvalue weighted by Gasteiger charge is 2.49. The number of urea groups is 1.